The number of carbonyl (C=O) groups is 2. The zero-order valence-electron chi connectivity index (χ0n) is 9.47. The molecule has 5 nitrogen and oxygen atoms in total. The van der Waals surface area contributed by atoms with Crippen LogP contribution in [0.3, 0.4) is 0 Å². The predicted molar refractivity (Wildman–Crippen MR) is 60.5 cm³/mol. The molecule has 1 aromatic carbocycles. The molecule has 0 bridgehead atoms. The topological polar surface area (TPSA) is 77.5 Å². The molecule has 0 aliphatic carbocycles. The monoisotopic (exact) mass is 256 g/mol. The molecule has 0 heterocycles. The summed E-state index contributed by atoms with van der Waals surface area (Å²) in [7, 11) is -2.58. The normalized spacial score (nSPS) is 10.9. The number of carbonyl (C=O) groups excluding carboxylic acids is 2. The van der Waals surface area contributed by atoms with Gasteiger partial charge in [-0.3, -0.25) is 9.59 Å². The lowest BCUT2D eigenvalue weighted by molar-refractivity contribution is -0.137. The fourth-order valence-corrected chi connectivity index (χ4v) is 2.34. The van der Waals surface area contributed by atoms with Gasteiger partial charge < -0.3 is 4.74 Å². The number of hydrogen-bond donors (Lipinski definition) is 0. The van der Waals surface area contributed by atoms with E-state index in [1.54, 1.807) is 0 Å². The maximum absolute atomic E-state index is 11.7. The Kier molecular flexibility index (Phi) is 4.01. The summed E-state index contributed by atoms with van der Waals surface area (Å²) in [5.74, 6) is -1.68. The van der Waals surface area contributed by atoms with Crippen LogP contribution in [0.25, 0.3) is 0 Å². The molecule has 0 amide bonds. The number of hydrogen-bond acceptors (Lipinski definition) is 5. The first kappa shape index (κ1) is 13.4. The zero-order chi connectivity index (χ0) is 13.1. The summed E-state index contributed by atoms with van der Waals surface area (Å²) >= 11 is 0. The van der Waals surface area contributed by atoms with Crippen LogP contribution in [0.5, 0.6) is 0 Å². The van der Waals surface area contributed by atoms with E-state index in [2.05, 4.69) is 4.74 Å². The van der Waals surface area contributed by atoms with Crippen molar-refractivity contribution in [3.05, 3.63) is 29.8 Å². The number of sulfone groups is 1. The van der Waals surface area contributed by atoms with Crippen LogP contribution in [-0.2, 0) is 19.4 Å². The van der Waals surface area contributed by atoms with E-state index in [0.717, 1.165) is 7.11 Å². The highest BCUT2D eigenvalue weighted by Crippen LogP contribution is 2.13. The third-order valence-corrected chi connectivity index (χ3v) is 3.76. The van der Waals surface area contributed by atoms with Crippen LogP contribution in [0.15, 0.2) is 29.2 Å². The van der Waals surface area contributed by atoms with Crippen molar-refractivity contribution in [3.63, 3.8) is 0 Å². The second kappa shape index (κ2) is 5.09. The van der Waals surface area contributed by atoms with Gasteiger partial charge in [0.15, 0.2) is 21.4 Å². The predicted octanol–water partition coefficient (Wildman–Crippen LogP) is 0.836. The highest BCUT2D eigenvalue weighted by molar-refractivity contribution is 7.92. The van der Waals surface area contributed by atoms with Gasteiger partial charge in [0.2, 0.25) is 0 Å². The minimum Gasteiger partial charge on any atom is -0.468 e. The number of benzene rings is 1. The molecule has 0 fully saturated rings. The molecule has 0 unspecified atom stereocenters. The Morgan fingerprint density at radius 3 is 2.12 bits per heavy atom. The molecular formula is C11H12O5S. The van der Waals surface area contributed by atoms with Crippen molar-refractivity contribution in [2.24, 2.45) is 0 Å². The summed E-state index contributed by atoms with van der Waals surface area (Å²) < 4.78 is 27.7. The molecular weight excluding hydrogens is 244 g/mol. The van der Waals surface area contributed by atoms with Crippen LogP contribution in [0.4, 0.5) is 0 Å². The number of ether oxygens (including phenoxy) is 1. The van der Waals surface area contributed by atoms with E-state index in [0.29, 0.717) is 5.56 Å². The molecule has 92 valence electrons. The molecule has 1 rings (SSSR count). The molecule has 6 heteroatoms. The first-order valence-corrected chi connectivity index (χ1v) is 6.42. The molecule has 0 N–H and O–H groups in total. The van der Waals surface area contributed by atoms with Gasteiger partial charge in [0.25, 0.3) is 0 Å². The molecule has 0 spiro atoms. The second-order valence-corrected chi connectivity index (χ2v) is 5.41. The number of Topliss-reactive ketones (excluding diaryl/α,β-unsaturated/α-hetero) is 1. The van der Waals surface area contributed by atoms with Crippen molar-refractivity contribution >= 4 is 21.6 Å². The van der Waals surface area contributed by atoms with Crippen molar-refractivity contribution in [2.45, 2.75) is 11.8 Å². The van der Waals surface area contributed by atoms with Crippen LogP contribution in [-0.4, -0.2) is 33.0 Å². The minimum atomic E-state index is -3.70. The molecule has 0 saturated carbocycles. The third-order valence-electron chi connectivity index (χ3n) is 2.16. The smallest absolute Gasteiger partial charge is 0.321 e. The minimum absolute atomic E-state index is 0.00657. The Labute approximate surface area is 99.3 Å². The Morgan fingerprint density at radius 1 is 1.18 bits per heavy atom. The van der Waals surface area contributed by atoms with E-state index in [1.165, 1.54) is 31.2 Å². The van der Waals surface area contributed by atoms with Crippen molar-refractivity contribution in [1.29, 1.82) is 0 Å². The molecule has 0 radical (unpaired) electrons. The quantitative estimate of drug-likeness (QED) is 0.589. The maximum Gasteiger partial charge on any atom is 0.321 e. The summed E-state index contributed by atoms with van der Waals surface area (Å²) in [5, 5.41) is 0. The zero-order valence-corrected chi connectivity index (χ0v) is 10.3. The van der Waals surface area contributed by atoms with Gasteiger partial charge in [0.05, 0.1) is 12.0 Å². The largest absolute Gasteiger partial charge is 0.468 e. The van der Waals surface area contributed by atoms with Gasteiger partial charge in [0, 0.05) is 5.56 Å². The highest BCUT2D eigenvalue weighted by atomic mass is 32.2. The number of methoxy groups -OCH3 is 1. The summed E-state index contributed by atoms with van der Waals surface area (Å²) in [6.45, 7) is 1.39. The lowest BCUT2D eigenvalue weighted by Gasteiger charge is -2.03. The number of esters is 1. The van der Waals surface area contributed by atoms with Gasteiger partial charge in [-0.2, -0.15) is 0 Å². The average molecular weight is 256 g/mol. The van der Waals surface area contributed by atoms with E-state index >= 15 is 0 Å². The SMILES string of the molecule is COC(=O)CS(=O)(=O)c1ccc(C(C)=O)cc1. The van der Waals surface area contributed by atoms with Crippen molar-refractivity contribution in [2.75, 3.05) is 12.9 Å². The Bertz CT molecular complexity index is 527. The van der Waals surface area contributed by atoms with Gasteiger partial charge >= 0.3 is 5.97 Å². The average Bonchev–Trinajstić information content (AvgIpc) is 2.28. The molecule has 0 atom stereocenters. The van der Waals surface area contributed by atoms with Gasteiger partial charge in [0.1, 0.15) is 0 Å². The first-order chi connectivity index (χ1) is 7.86. The van der Waals surface area contributed by atoms with Crippen LogP contribution in [0.2, 0.25) is 0 Å². The fraction of sp³-hybridized carbons (Fsp3) is 0.273. The van der Waals surface area contributed by atoms with E-state index < -0.39 is 21.6 Å². The van der Waals surface area contributed by atoms with Crippen LogP contribution < -0.4 is 0 Å². The fourth-order valence-electron chi connectivity index (χ4n) is 1.19. The molecule has 0 aliphatic heterocycles. The van der Waals surface area contributed by atoms with Gasteiger partial charge in [-0.15, -0.1) is 0 Å². The number of ketones is 1. The molecule has 0 aliphatic rings. The third kappa shape index (κ3) is 3.39. The van der Waals surface area contributed by atoms with Crippen molar-refractivity contribution < 1.29 is 22.7 Å². The second-order valence-electron chi connectivity index (χ2n) is 3.42. The summed E-state index contributed by atoms with van der Waals surface area (Å²) in [4.78, 5) is 21.9. The Morgan fingerprint density at radius 2 is 1.71 bits per heavy atom. The van der Waals surface area contributed by atoms with Crippen molar-refractivity contribution in [3.8, 4) is 0 Å². The van der Waals surface area contributed by atoms with Crippen LogP contribution in [0.1, 0.15) is 17.3 Å². The molecule has 1 aromatic rings. The molecule has 0 aromatic heterocycles. The van der Waals surface area contributed by atoms with Crippen LogP contribution in [0, 0.1) is 0 Å². The van der Waals surface area contributed by atoms with Crippen molar-refractivity contribution in [1.82, 2.24) is 0 Å². The summed E-state index contributed by atoms with van der Waals surface area (Å²) in [5.41, 5.74) is 0.419. The Balaban J connectivity index is 3.00. The maximum atomic E-state index is 11.7. The van der Waals surface area contributed by atoms with Crippen LogP contribution >= 0.6 is 0 Å². The molecule has 17 heavy (non-hydrogen) atoms. The van der Waals surface area contributed by atoms with E-state index in [4.69, 9.17) is 0 Å². The number of rotatable bonds is 4. The van der Waals surface area contributed by atoms with Gasteiger partial charge in [-0.25, -0.2) is 8.42 Å². The van der Waals surface area contributed by atoms with E-state index in [1.807, 2.05) is 0 Å². The van der Waals surface area contributed by atoms with E-state index in [9.17, 15) is 18.0 Å². The van der Waals surface area contributed by atoms with Gasteiger partial charge in [-0.1, -0.05) is 12.1 Å². The standard InChI is InChI=1S/C11H12O5S/c1-8(12)9-3-5-10(6-4-9)17(14,15)7-11(13)16-2/h3-6H,7H2,1-2H3. The lowest BCUT2D eigenvalue weighted by Crippen LogP contribution is -2.17. The summed E-state index contributed by atoms with van der Waals surface area (Å²) in [6, 6.07) is 5.42. The highest BCUT2D eigenvalue weighted by Gasteiger charge is 2.19. The first-order valence-electron chi connectivity index (χ1n) is 4.77. The Hall–Kier alpha value is -1.69. The van der Waals surface area contributed by atoms with Gasteiger partial charge in [-0.05, 0) is 19.1 Å². The molecule has 0 saturated heterocycles. The lowest BCUT2D eigenvalue weighted by atomic mass is 10.2. The summed E-state index contributed by atoms with van der Waals surface area (Å²) in [6.07, 6.45) is 0. The van der Waals surface area contributed by atoms with E-state index in [-0.39, 0.29) is 10.7 Å².